The highest BCUT2D eigenvalue weighted by molar-refractivity contribution is 5.85. The Labute approximate surface area is 146 Å². The molecule has 0 bridgehead atoms. The fraction of sp³-hybridized carbons (Fsp3) is 0.800. The SMILES string of the molecule is CC[C@@H](C)[C@@H](O)[C@H](C)C(=O)[C@H](C)C=C(C)C[C@H](C)[C@@H]1OC(=O)[C@H]1C. The molecule has 1 aliphatic heterocycles. The van der Waals surface area contributed by atoms with Crippen molar-refractivity contribution in [1.29, 1.82) is 0 Å². The minimum Gasteiger partial charge on any atom is -0.461 e. The number of esters is 1. The van der Waals surface area contributed by atoms with E-state index < -0.39 is 6.10 Å². The zero-order chi connectivity index (χ0) is 18.6. The summed E-state index contributed by atoms with van der Waals surface area (Å²) in [5.41, 5.74) is 1.13. The third-order valence-electron chi connectivity index (χ3n) is 5.49. The molecular formula is C20H34O4. The van der Waals surface area contributed by atoms with Crippen LogP contribution in [0.4, 0.5) is 0 Å². The highest BCUT2D eigenvalue weighted by atomic mass is 16.6. The highest BCUT2D eigenvalue weighted by Crippen LogP contribution is 2.32. The summed E-state index contributed by atoms with van der Waals surface area (Å²) in [5.74, 6) is -0.271. The molecule has 1 aliphatic rings. The van der Waals surface area contributed by atoms with E-state index in [0.29, 0.717) is 0 Å². The van der Waals surface area contributed by atoms with Crippen molar-refractivity contribution >= 4 is 11.8 Å². The number of ketones is 1. The molecule has 0 unspecified atom stereocenters. The number of Topliss-reactive ketones (excluding diaryl/α,β-unsaturated/α-hetero) is 1. The van der Waals surface area contributed by atoms with Crippen LogP contribution in [0.15, 0.2) is 11.6 Å². The number of hydrogen-bond acceptors (Lipinski definition) is 4. The van der Waals surface area contributed by atoms with Gasteiger partial charge in [-0.15, -0.1) is 0 Å². The lowest BCUT2D eigenvalue weighted by Crippen LogP contribution is -2.47. The van der Waals surface area contributed by atoms with Crippen LogP contribution in [-0.2, 0) is 14.3 Å². The fourth-order valence-electron chi connectivity index (χ4n) is 3.53. The van der Waals surface area contributed by atoms with Gasteiger partial charge in [0.1, 0.15) is 11.9 Å². The molecule has 0 saturated carbocycles. The van der Waals surface area contributed by atoms with E-state index in [2.05, 4.69) is 6.92 Å². The molecule has 0 amide bonds. The first kappa shape index (κ1) is 20.9. The van der Waals surface area contributed by atoms with Crippen LogP contribution in [-0.4, -0.2) is 29.1 Å². The molecule has 1 N–H and O–H groups in total. The molecule has 0 aromatic heterocycles. The van der Waals surface area contributed by atoms with Gasteiger partial charge in [0.25, 0.3) is 0 Å². The van der Waals surface area contributed by atoms with Crippen LogP contribution in [0.2, 0.25) is 0 Å². The van der Waals surface area contributed by atoms with E-state index >= 15 is 0 Å². The van der Waals surface area contributed by atoms with Gasteiger partial charge in [0.15, 0.2) is 0 Å². The van der Waals surface area contributed by atoms with Crippen molar-refractivity contribution in [3.63, 3.8) is 0 Å². The van der Waals surface area contributed by atoms with Gasteiger partial charge in [0.05, 0.1) is 12.0 Å². The molecule has 0 spiro atoms. The number of hydrogen-bond donors (Lipinski definition) is 1. The molecule has 1 heterocycles. The number of cyclic esters (lactones) is 1. The molecule has 4 heteroatoms. The van der Waals surface area contributed by atoms with Crippen LogP contribution in [0, 0.1) is 29.6 Å². The van der Waals surface area contributed by atoms with Crippen molar-refractivity contribution in [2.24, 2.45) is 29.6 Å². The summed E-state index contributed by atoms with van der Waals surface area (Å²) >= 11 is 0. The Morgan fingerprint density at radius 1 is 1.29 bits per heavy atom. The standard InChI is InChI=1S/C20H34O4/c1-8-12(3)17(21)15(6)18(22)13(4)9-11(2)10-14(5)19-16(7)20(23)24-19/h9,12-17,19,21H,8,10H2,1-7H3/t12-,13-,14+,15+,16+,17-,19+/m1/s1. The molecule has 0 radical (unpaired) electrons. The third kappa shape index (κ3) is 4.92. The summed E-state index contributed by atoms with van der Waals surface area (Å²) < 4.78 is 5.21. The van der Waals surface area contributed by atoms with Gasteiger partial charge in [-0.05, 0) is 32.1 Å². The lowest BCUT2D eigenvalue weighted by atomic mass is 9.82. The van der Waals surface area contributed by atoms with Gasteiger partial charge in [0, 0.05) is 11.8 Å². The van der Waals surface area contributed by atoms with Gasteiger partial charge in [-0.1, -0.05) is 52.7 Å². The first-order valence-corrected chi connectivity index (χ1v) is 9.19. The predicted molar refractivity (Wildman–Crippen MR) is 95.4 cm³/mol. The average molecular weight is 338 g/mol. The Morgan fingerprint density at radius 2 is 1.88 bits per heavy atom. The molecular weight excluding hydrogens is 304 g/mol. The van der Waals surface area contributed by atoms with Gasteiger partial charge in [-0.2, -0.15) is 0 Å². The maximum absolute atomic E-state index is 12.5. The number of allylic oxidation sites excluding steroid dienone is 2. The first-order chi connectivity index (χ1) is 11.1. The number of ether oxygens (including phenoxy) is 1. The second-order valence-electron chi connectivity index (χ2n) is 7.74. The second kappa shape index (κ2) is 8.80. The predicted octanol–water partition coefficient (Wildman–Crippen LogP) is 3.77. The zero-order valence-corrected chi connectivity index (χ0v) is 16.2. The van der Waals surface area contributed by atoms with E-state index in [-0.39, 0.29) is 47.4 Å². The molecule has 0 aromatic rings. The maximum atomic E-state index is 12.5. The monoisotopic (exact) mass is 338 g/mol. The molecule has 138 valence electrons. The summed E-state index contributed by atoms with van der Waals surface area (Å²) in [6.45, 7) is 13.7. The number of aliphatic hydroxyl groups is 1. The van der Waals surface area contributed by atoms with E-state index in [1.54, 1.807) is 0 Å². The number of aliphatic hydroxyl groups excluding tert-OH is 1. The van der Waals surface area contributed by atoms with Crippen LogP contribution in [0.1, 0.15) is 61.3 Å². The summed E-state index contributed by atoms with van der Waals surface area (Å²) in [6, 6.07) is 0. The minimum atomic E-state index is -0.590. The maximum Gasteiger partial charge on any atom is 0.312 e. The summed E-state index contributed by atoms with van der Waals surface area (Å²) in [6.07, 6.45) is 3.05. The lowest BCUT2D eigenvalue weighted by Gasteiger charge is -2.37. The van der Waals surface area contributed by atoms with Crippen LogP contribution in [0.3, 0.4) is 0 Å². The summed E-state index contributed by atoms with van der Waals surface area (Å²) in [7, 11) is 0. The molecule has 1 rings (SSSR count). The van der Waals surface area contributed by atoms with Crippen molar-refractivity contribution in [3.8, 4) is 0 Å². The average Bonchev–Trinajstić information content (AvgIpc) is 2.55. The van der Waals surface area contributed by atoms with E-state index in [9.17, 15) is 14.7 Å². The van der Waals surface area contributed by atoms with Crippen molar-refractivity contribution in [1.82, 2.24) is 0 Å². The zero-order valence-electron chi connectivity index (χ0n) is 16.2. The van der Waals surface area contributed by atoms with Crippen molar-refractivity contribution in [2.45, 2.75) is 73.5 Å². The summed E-state index contributed by atoms with van der Waals surface area (Å²) in [5, 5.41) is 10.3. The smallest absolute Gasteiger partial charge is 0.312 e. The largest absolute Gasteiger partial charge is 0.461 e. The molecule has 0 aromatic carbocycles. The molecule has 7 atom stereocenters. The fourth-order valence-corrected chi connectivity index (χ4v) is 3.53. The van der Waals surface area contributed by atoms with Gasteiger partial charge < -0.3 is 9.84 Å². The summed E-state index contributed by atoms with van der Waals surface area (Å²) in [4.78, 5) is 23.8. The van der Waals surface area contributed by atoms with Crippen LogP contribution < -0.4 is 0 Å². The molecule has 4 nitrogen and oxygen atoms in total. The normalized spacial score (nSPS) is 27.5. The molecule has 1 fully saturated rings. The van der Waals surface area contributed by atoms with Gasteiger partial charge in [-0.25, -0.2) is 0 Å². The van der Waals surface area contributed by atoms with E-state index in [1.165, 1.54) is 0 Å². The van der Waals surface area contributed by atoms with Crippen molar-refractivity contribution in [3.05, 3.63) is 11.6 Å². The second-order valence-corrected chi connectivity index (χ2v) is 7.74. The van der Waals surface area contributed by atoms with Gasteiger partial charge >= 0.3 is 5.97 Å². The Hall–Kier alpha value is -1.16. The van der Waals surface area contributed by atoms with Gasteiger partial charge in [-0.3, -0.25) is 9.59 Å². The third-order valence-corrected chi connectivity index (χ3v) is 5.49. The van der Waals surface area contributed by atoms with E-state index in [0.717, 1.165) is 18.4 Å². The van der Waals surface area contributed by atoms with Gasteiger partial charge in [0.2, 0.25) is 0 Å². The van der Waals surface area contributed by atoms with Crippen LogP contribution >= 0.6 is 0 Å². The van der Waals surface area contributed by atoms with Crippen molar-refractivity contribution in [2.75, 3.05) is 0 Å². The Kier molecular flexibility index (Phi) is 7.65. The van der Waals surface area contributed by atoms with E-state index in [4.69, 9.17) is 4.74 Å². The quantitative estimate of drug-likeness (QED) is 0.513. The number of carbonyl (C=O) groups excluding carboxylic acids is 2. The Balaban J connectivity index is 2.60. The molecule has 24 heavy (non-hydrogen) atoms. The molecule has 1 saturated heterocycles. The minimum absolute atomic E-state index is 0.0157. The highest BCUT2D eigenvalue weighted by Gasteiger charge is 2.41. The van der Waals surface area contributed by atoms with Crippen molar-refractivity contribution < 1.29 is 19.4 Å². The van der Waals surface area contributed by atoms with Crippen LogP contribution in [0.25, 0.3) is 0 Å². The topological polar surface area (TPSA) is 63.6 Å². The number of carbonyl (C=O) groups is 2. The van der Waals surface area contributed by atoms with E-state index in [1.807, 2.05) is 47.6 Å². The molecule has 0 aliphatic carbocycles. The van der Waals surface area contributed by atoms with Crippen LogP contribution in [0.5, 0.6) is 0 Å². The first-order valence-electron chi connectivity index (χ1n) is 9.19. The Bertz CT molecular complexity index is 482. The lowest BCUT2D eigenvalue weighted by molar-refractivity contribution is -0.188. The Morgan fingerprint density at radius 3 is 2.33 bits per heavy atom. The number of rotatable bonds is 9.